The molecule has 0 fully saturated rings. The zero-order valence-corrected chi connectivity index (χ0v) is 18.3. The van der Waals surface area contributed by atoms with Crippen molar-refractivity contribution in [2.24, 2.45) is 0 Å². The molecular weight excluding hydrogens is 448 g/mol. The van der Waals surface area contributed by atoms with E-state index in [9.17, 15) is 21.6 Å². The van der Waals surface area contributed by atoms with Gasteiger partial charge in [0.05, 0.1) is 24.0 Å². The highest BCUT2D eigenvalue weighted by Gasteiger charge is 2.34. The third-order valence-corrected chi connectivity index (χ3v) is 6.66. The van der Waals surface area contributed by atoms with E-state index in [0.29, 0.717) is 17.0 Å². The molecule has 0 N–H and O–H groups in total. The highest BCUT2D eigenvalue weighted by molar-refractivity contribution is 8.08. The quantitative estimate of drug-likeness (QED) is 0.267. The van der Waals surface area contributed by atoms with Gasteiger partial charge in [0.1, 0.15) is 11.5 Å². The molecule has 0 aliphatic carbocycles. The van der Waals surface area contributed by atoms with E-state index in [4.69, 9.17) is 20.5 Å². The summed E-state index contributed by atoms with van der Waals surface area (Å²) in [5, 5.41) is -0.886. The Morgan fingerprint density at radius 3 is 1.58 bits per heavy atom. The van der Waals surface area contributed by atoms with Crippen LogP contribution < -0.4 is 9.47 Å². The van der Waals surface area contributed by atoms with E-state index in [1.54, 1.807) is 0 Å². The highest BCUT2D eigenvalue weighted by Crippen LogP contribution is 2.17. The standard InChI is InChI=1S/C10H10N2O4S.C8H8N2O3S/c1-7(13)10(12-11)17(14,15)9-5-3-8(16-2)4-6-9;1-13-7-2-4-8(5-3-7)14(11,12)6-10-9/h3-6H,1-2H3;2-6H,1H3. The van der Waals surface area contributed by atoms with Crippen LogP contribution in [0, 0.1) is 0 Å². The maximum atomic E-state index is 11.9. The number of hydrogen-bond acceptors (Lipinski definition) is 7. The number of benzene rings is 2. The summed E-state index contributed by atoms with van der Waals surface area (Å²) in [7, 11) is -4.78. The molecule has 0 aliphatic rings. The summed E-state index contributed by atoms with van der Waals surface area (Å²) in [5.74, 6) is 0.211. The highest BCUT2D eigenvalue weighted by atomic mass is 32.2. The molecule has 0 amide bonds. The molecule has 2 rings (SSSR count). The number of methoxy groups -OCH3 is 2. The smallest absolute Gasteiger partial charge is 0.451 e. The van der Waals surface area contributed by atoms with Crippen LogP contribution in [0.15, 0.2) is 58.3 Å². The third kappa shape index (κ3) is 6.69. The fraction of sp³-hybridized carbons (Fsp3) is 0.167. The van der Waals surface area contributed by atoms with E-state index in [-0.39, 0.29) is 9.79 Å². The molecule has 0 spiro atoms. The van der Waals surface area contributed by atoms with Crippen LogP contribution in [0.2, 0.25) is 0 Å². The van der Waals surface area contributed by atoms with Gasteiger partial charge in [-0.05, 0) is 48.5 Å². The summed E-state index contributed by atoms with van der Waals surface area (Å²) in [6.45, 7) is 1.01. The molecule has 0 unspecified atom stereocenters. The fourth-order valence-electron chi connectivity index (χ4n) is 2.07. The van der Waals surface area contributed by atoms with Crippen LogP contribution in [0.25, 0.3) is 11.1 Å². The maximum absolute atomic E-state index is 11.9. The first-order valence-corrected chi connectivity index (χ1v) is 11.2. The number of carbonyl (C=O) groups excluding carboxylic acids is 1. The van der Waals surface area contributed by atoms with Crippen LogP contribution in [0.5, 0.6) is 11.5 Å². The lowest BCUT2D eigenvalue weighted by molar-refractivity contribution is -0.114. The Morgan fingerprint density at radius 1 is 0.839 bits per heavy atom. The van der Waals surface area contributed by atoms with E-state index in [0.717, 1.165) is 6.92 Å². The number of ketones is 1. The molecule has 0 atom stereocenters. The molecule has 0 saturated heterocycles. The van der Waals surface area contributed by atoms with Crippen LogP contribution in [-0.2, 0) is 24.5 Å². The average Bonchev–Trinajstić information content (AvgIpc) is 2.74. The van der Waals surface area contributed by atoms with Crippen molar-refractivity contribution in [2.45, 2.75) is 16.7 Å². The topological polar surface area (TPSA) is 177 Å². The summed E-state index contributed by atoms with van der Waals surface area (Å²) in [4.78, 5) is 15.9. The zero-order valence-electron chi connectivity index (χ0n) is 16.7. The van der Waals surface area contributed by atoms with Gasteiger partial charge in [-0.3, -0.25) is 4.79 Å². The van der Waals surface area contributed by atoms with Gasteiger partial charge in [0.25, 0.3) is 25.5 Å². The summed E-state index contributed by atoms with van der Waals surface area (Å²) in [5.41, 5.74) is 17.2. The van der Waals surface area contributed by atoms with Gasteiger partial charge in [-0.1, -0.05) is 0 Å². The minimum absolute atomic E-state index is 0.0519. The molecule has 0 aliphatic heterocycles. The first-order valence-electron chi connectivity index (χ1n) is 8.22. The van der Waals surface area contributed by atoms with Crippen molar-refractivity contribution in [3.05, 3.63) is 59.6 Å². The monoisotopic (exact) mass is 466 g/mol. The molecule has 11 nitrogen and oxygen atoms in total. The third-order valence-electron chi connectivity index (χ3n) is 3.59. The fourth-order valence-corrected chi connectivity index (χ4v) is 4.03. The van der Waals surface area contributed by atoms with Gasteiger partial charge < -0.3 is 20.5 Å². The van der Waals surface area contributed by atoms with Gasteiger partial charge in [0.2, 0.25) is 0 Å². The minimum Gasteiger partial charge on any atom is -0.497 e. The van der Waals surface area contributed by atoms with Crippen LogP contribution in [0.1, 0.15) is 6.92 Å². The first-order chi connectivity index (χ1) is 14.5. The van der Waals surface area contributed by atoms with E-state index < -0.39 is 30.5 Å². The minimum atomic E-state index is -4.08. The maximum Gasteiger partial charge on any atom is 0.451 e. The Balaban J connectivity index is 0.000000316. The Kier molecular flexibility index (Phi) is 8.97. The second kappa shape index (κ2) is 11.0. The largest absolute Gasteiger partial charge is 0.497 e. The molecule has 0 bridgehead atoms. The number of nitrogens with zero attached hydrogens (tertiary/aromatic N) is 4. The Labute approximate surface area is 178 Å². The van der Waals surface area contributed by atoms with Crippen molar-refractivity contribution in [1.29, 1.82) is 0 Å². The van der Waals surface area contributed by atoms with E-state index in [1.165, 1.54) is 62.8 Å². The average molecular weight is 466 g/mol. The van der Waals surface area contributed by atoms with Gasteiger partial charge in [0.15, 0.2) is 0 Å². The van der Waals surface area contributed by atoms with Gasteiger partial charge >= 0.3 is 10.6 Å². The lowest BCUT2D eigenvalue weighted by Gasteiger charge is -2.01. The molecule has 164 valence electrons. The molecule has 0 aromatic heterocycles. The first kappa shape index (κ1) is 25.4. The van der Waals surface area contributed by atoms with Crippen molar-refractivity contribution < 1.29 is 40.7 Å². The number of ether oxygens (including phenoxy) is 2. The Hall–Kier alpha value is -3.63. The number of Topliss-reactive ketones (excluding diaryl/α,β-unsaturated/α-hetero) is 1. The number of hydrogen-bond donors (Lipinski definition) is 0. The van der Waals surface area contributed by atoms with E-state index >= 15 is 0 Å². The van der Waals surface area contributed by atoms with Crippen molar-refractivity contribution in [1.82, 2.24) is 0 Å². The molecular formula is C18H18N4O7S2. The lowest BCUT2D eigenvalue weighted by atomic mass is 10.3. The summed E-state index contributed by atoms with van der Waals surface area (Å²) in [6, 6.07) is 11.2. The van der Waals surface area contributed by atoms with Crippen LogP contribution >= 0.6 is 0 Å². The SMILES string of the molecule is COc1ccc(S(=O)(=O)C(=[N+]=[N-])C(C)=O)cc1.COc1ccc(S(=O)(=O)C=[N+]=[N-])cc1. The lowest BCUT2D eigenvalue weighted by Crippen LogP contribution is -2.23. The molecule has 0 radical (unpaired) electrons. The Morgan fingerprint density at radius 2 is 1.26 bits per heavy atom. The van der Waals surface area contributed by atoms with Gasteiger partial charge in [-0.15, -0.1) is 4.79 Å². The molecule has 0 heterocycles. The summed E-state index contributed by atoms with van der Waals surface area (Å²) >= 11 is 0. The summed E-state index contributed by atoms with van der Waals surface area (Å²) in [6.07, 6.45) is 0. The second-order valence-corrected chi connectivity index (χ2v) is 9.22. The molecule has 2 aromatic carbocycles. The van der Waals surface area contributed by atoms with E-state index in [2.05, 4.69) is 9.58 Å². The molecule has 2 aromatic rings. The van der Waals surface area contributed by atoms with Crippen molar-refractivity contribution >= 4 is 36.0 Å². The van der Waals surface area contributed by atoms with Crippen LogP contribution in [-0.4, -0.2) is 57.0 Å². The molecule has 13 heteroatoms. The second-order valence-electron chi connectivity index (χ2n) is 5.58. The van der Waals surface area contributed by atoms with Gasteiger partial charge in [-0.25, -0.2) is 16.8 Å². The van der Waals surface area contributed by atoms with Crippen molar-refractivity contribution in [2.75, 3.05) is 14.2 Å². The summed E-state index contributed by atoms with van der Waals surface area (Å²) < 4.78 is 56.0. The van der Waals surface area contributed by atoms with Crippen molar-refractivity contribution in [3.8, 4) is 11.5 Å². The Bertz CT molecular complexity index is 1240. The predicted octanol–water partition coefficient (Wildman–Crippen LogP) is 1.41. The molecule has 31 heavy (non-hydrogen) atoms. The number of sulfone groups is 2. The van der Waals surface area contributed by atoms with E-state index in [1.807, 2.05) is 0 Å². The normalized spacial score (nSPS) is 10.4. The predicted molar refractivity (Wildman–Crippen MR) is 109 cm³/mol. The zero-order chi connectivity index (χ0) is 23.7. The molecule has 0 saturated carbocycles. The van der Waals surface area contributed by atoms with Gasteiger partial charge in [0, 0.05) is 6.92 Å². The number of rotatable bonds is 6. The van der Waals surface area contributed by atoms with Crippen molar-refractivity contribution in [3.63, 3.8) is 0 Å². The number of carbonyl (C=O) groups is 1. The van der Waals surface area contributed by atoms with Crippen LogP contribution in [0.3, 0.4) is 0 Å². The van der Waals surface area contributed by atoms with Crippen LogP contribution in [0.4, 0.5) is 0 Å². The van der Waals surface area contributed by atoms with Gasteiger partial charge in [-0.2, -0.15) is 4.79 Å².